The first-order valence-corrected chi connectivity index (χ1v) is 9.09. The summed E-state index contributed by atoms with van der Waals surface area (Å²) in [5, 5.41) is 18.8. The Labute approximate surface area is 141 Å². The zero-order valence-electron chi connectivity index (χ0n) is 15.3. The second kappa shape index (κ2) is 12.7. The van der Waals surface area contributed by atoms with Gasteiger partial charge >= 0.3 is 5.97 Å². The van der Waals surface area contributed by atoms with E-state index < -0.39 is 17.7 Å². The highest BCUT2D eigenvalue weighted by Gasteiger charge is 2.41. The molecule has 0 aliphatic heterocycles. The number of aliphatic hydroxyl groups is 1. The Bertz CT molecular complexity index is 306. The summed E-state index contributed by atoms with van der Waals surface area (Å²) >= 11 is 0. The van der Waals surface area contributed by atoms with E-state index in [0.717, 1.165) is 38.5 Å². The third-order valence-electron chi connectivity index (χ3n) is 4.16. The Morgan fingerprint density at radius 1 is 1.04 bits per heavy atom. The molecule has 5 nitrogen and oxygen atoms in total. The summed E-state index contributed by atoms with van der Waals surface area (Å²) in [4.78, 5) is 17.2. The fourth-order valence-electron chi connectivity index (χ4n) is 2.76. The fraction of sp³-hybridized carbons (Fsp3) is 0.944. The molecule has 0 spiro atoms. The summed E-state index contributed by atoms with van der Waals surface area (Å²) in [5.41, 5.74) is -1.24. The monoisotopic (exact) mass is 332 g/mol. The highest BCUT2D eigenvalue weighted by Crippen LogP contribution is 2.28. The molecule has 0 aliphatic carbocycles. The first-order valence-electron chi connectivity index (χ1n) is 9.09. The molecule has 3 atom stereocenters. The number of aliphatic hydroxyl groups excluding tert-OH is 1. The van der Waals surface area contributed by atoms with Gasteiger partial charge in [0.05, 0.1) is 12.7 Å². The SMILES string of the molecule is CCCCCCC(CCCC)(OO)C(=O)OCC(C)CC(C)O. The minimum absolute atomic E-state index is 0.0709. The Kier molecular flexibility index (Phi) is 12.4. The van der Waals surface area contributed by atoms with Crippen LogP contribution in [-0.4, -0.2) is 34.6 Å². The van der Waals surface area contributed by atoms with Crippen LogP contribution in [-0.2, 0) is 14.4 Å². The Morgan fingerprint density at radius 3 is 2.17 bits per heavy atom. The summed E-state index contributed by atoms with van der Waals surface area (Å²) in [6, 6.07) is 0. The number of rotatable bonds is 14. The van der Waals surface area contributed by atoms with Crippen molar-refractivity contribution < 1.29 is 24.8 Å². The maximum atomic E-state index is 12.5. The molecular weight excluding hydrogens is 296 g/mol. The number of ether oxygens (including phenoxy) is 1. The molecule has 0 radical (unpaired) electrons. The molecule has 0 rings (SSSR count). The van der Waals surface area contributed by atoms with Gasteiger partial charge in [-0.15, -0.1) is 0 Å². The number of hydrogen-bond acceptors (Lipinski definition) is 5. The van der Waals surface area contributed by atoms with Gasteiger partial charge in [0.15, 0.2) is 5.60 Å². The lowest BCUT2D eigenvalue weighted by atomic mass is 9.90. The lowest BCUT2D eigenvalue weighted by Crippen LogP contribution is -2.43. The van der Waals surface area contributed by atoms with Crippen molar-refractivity contribution in [2.24, 2.45) is 5.92 Å². The van der Waals surface area contributed by atoms with Gasteiger partial charge in [0.2, 0.25) is 0 Å². The zero-order chi connectivity index (χ0) is 17.7. The van der Waals surface area contributed by atoms with Crippen LogP contribution in [0.4, 0.5) is 0 Å². The van der Waals surface area contributed by atoms with Crippen LogP contribution in [0.2, 0.25) is 0 Å². The minimum Gasteiger partial charge on any atom is -0.463 e. The van der Waals surface area contributed by atoms with Gasteiger partial charge < -0.3 is 9.84 Å². The van der Waals surface area contributed by atoms with Gasteiger partial charge in [-0.2, -0.15) is 0 Å². The minimum atomic E-state index is -1.24. The van der Waals surface area contributed by atoms with E-state index in [9.17, 15) is 15.2 Å². The summed E-state index contributed by atoms with van der Waals surface area (Å²) in [6.07, 6.45) is 6.89. The summed E-state index contributed by atoms with van der Waals surface area (Å²) in [6.45, 7) is 8.04. The van der Waals surface area contributed by atoms with Crippen LogP contribution in [0.1, 0.15) is 85.5 Å². The van der Waals surface area contributed by atoms with E-state index in [1.807, 2.05) is 13.8 Å². The smallest absolute Gasteiger partial charge is 0.341 e. The highest BCUT2D eigenvalue weighted by molar-refractivity contribution is 5.79. The van der Waals surface area contributed by atoms with E-state index in [1.54, 1.807) is 6.92 Å². The van der Waals surface area contributed by atoms with Crippen molar-refractivity contribution in [2.75, 3.05) is 6.61 Å². The van der Waals surface area contributed by atoms with Crippen molar-refractivity contribution in [3.05, 3.63) is 0 Å². The molecule has 0 saturated carbocycles. The number of carbonyl (C=O) groups is 1. The summed E-state index contributed by atoms with van der Waals surface area (Å²) in [7, 11) is 0. The van der Waals surface area contributed by atoms with Gasteiger partial charge in [-0.1, -0.05) is 52.9 Å². The van der Waals surface area contributed by atoms with E-state index in [1.165, 1.54) is 0 Å². The molecular formula is C18H36O5. The fourth-order valence-corrected chi connectivity index (χ4v) is 2.76. The molecule has 0 heterocycles. The van der Waals surface area contributed by atoms with Gasteiger partial charge in [-0.05, 0) is 38.5 Å². The van der Waals surface area contributed by atoms with Gasteiger partial charge in [0.25, 0.3) is 0 Å². The lowest BCUT2D eigenvalue weighted by molar-refractivity contribution is -0.322. The maximum absolute atomic E-state index is 12.5. The first-order chi connectivity index (χ1) is 10.9. The molecule has 0 aromatic heterocycles. The summed E-state index contributed by atoms with van der Waals surface area (Å²) in [5.74, 6) is -0.413. The van der Waals surface area contributed by atoms with Crippen molar-refractivity contribution in [1.82, 2.24) is 0 Å². The summed E-state index contributed by atoms with van der Waals surface area (Å²) < 4.78 is 5.38. The van der Waals surface area contributed by atoms with Crippen LogP contribution in [0.3, 0.4) is 0 Å². The third kappa shape index (κ3) is 9.28. The van der Waals surface area contributed by atoms with Crippen LogP contribution < -0.4 is 0 Å². The van der Waals surface area contributed by atoms with E-state index in [0.29, 0.717) is 19.3 Å². The van der Waals surface area contributed by atoms with Gasteiger partial charge in [-0.25, -0.2) is 9.68 Å². The van der Waals surface area contributed by atoms with Crippen LogP contribution in [0.25, 0.3) is 0 Å². The third-order valence-corrected chi connectivity index (χ3v) is 4.16. The quantitative estimate of drug-likeness (QED) is 0.214. The average Bonchev–Trinajstić information content (AvgIpc) is 2.51. The largest absolute Gasteiger partial charge is 0.463 e. The van der Waals surface area contributed by atoms with E-state index in [2.05, 4.69) is 11.8 Å². The van der Waals surface area contributed by atoms with Crippen molar-refractivity contribution in [1.29, 1.82) is 0 Å². The van der Waals surface area contributed by atoms with E-state index in [-0.39, 0.29) is 12.5 Å². The maximum Gasteiger partial charge on any atom is 0.341 e. The molecule has 0 aromatic rings. The molecule has 5 heteroatoms. The highest BCUT2D eigenvalue weighted by atomic mass is 17.1. The molecule has 2 N–H and O–H groups in total. The predicted octanol–water partition coefficient (Wildman–Crippen LogP) is 4.33. The number of carbonyl (C=O) groups excluding carboxylic acids is 1. The normalized spacial score (nSPS) is 16.6. The first kappa shape index (κ1) is 22.4. The molecule has 0 aliphatic rings. The Hall–Kier alpha value is -0.650. The zero-order valence-corrected chi connectivity index (χ0v) is 15.3. The molecule has 0 amide bonds. The molecule has 0 saturated heterocycles. The number of esters is 1. The second-order valence-electron chi connectivity index (χ2n) is 6.79. The van der Waals surface area contributed by atoms with Gasteiger partial charge in [0.1, 0.15) is 0 Å². The molecule has 0 fully saturated rings. The Balaban J connectivity index is 4.64. The van der Waals surface area contributed by atoms with Crippen LogP contribution >= 0.6 is 0 Å². The van der Waals surface area contributed by atoms with Crippen LogP contribution in [0.15, 0.2) is 0 Å². The van der Waals surface area contributed by atoms with Crippen molar-refractivity contribution in [3.63, 3.8) is 0 Å². The molecule has 23 heavy (non-hydrogen) atoms. The molecule has 0 bridgehead atoms. The van der Waals surface area contributed by atoms with Crippen molar-refractivity contribution >= 4 is 5.97 Å². The molecule has 3 unspecified atom stereocenters. The number of unbranched alkanes of at least 4 members (excludes halogenated alkanes) is 4. The van der Waals surface area contributed by atoms with Gasteiger partial charge in [-0.3, -0.25) is 5.26 Å². The lowest BCUT2D eigenvalue weighted by Gasteiger charge is -2.29. The van der Waals surface area contributed by atoms with Crippen molar-refractivity contribution in [2.45, 2.75) is 97.2 Å². The topological polar surface area (TPSA) is 76.0 Å². The van der Waals surface area contributed by atoms with E-state index in [4.69, 9.17) is 4.74 Å². The Morgan fingerprint density at radius 2 is 1.65 bits per heavy atom. The molecule has 0 aromatic carbocycles. The second-order valence-corrected chi connectivity index (χ2v) is 6.79. The van der Waals surface area contributed by atoms with Crippen molar-refractivity contribution in [3.8, 4) is 0 Å². The molecule has 138 valence electrons. The van der Waals surface area contributed by atoms with Crippen LogP contribution in [0.5, 0.6) is 0 Å². The standard InChI is InChI=1S/C18H36O5/c1-5-7-9-10-12-18(23-21,11-8-6-2)17(20)22-14-15(3)13-16(4)19/h15-16,19,21H,5-14H2,1-4H3. The number of hydrogen-bond donors (Lipinski definition) is 2. The predicted molar refractivity (Wildman–Crippen MR) is 91.1 cm³/mol. The van der Waals surface area contributed by atoms with Crippen LogP contribution in [0, 0.1) is 5.92 Å². The van der Waals surface area contributed by atoms with E-state index >= 15 is 0 Å². The van der Waals surface area contributed by atoms with Gasteiger partial charge in [0, 0.05) is 0 Å². The average molecular weight is 332 g/mol.